The predicted octanol–water partition coefficient (Wildman–Crippen LogP) is 4.66. The van der Waals surface area contributed by atoms with Gasteiger partial charge in [0.05, 0.1) is 25.3 Å². The Morgan fingerprint density at radius 2 is 1.58 bits per heavy atom. The summed E-state index contributed by atoms with van der Waals surface area (Å²) >= 11 is 0. The van der Waals surface area contributed by atoms with Gasteiger partial charge in [0.25, 0.3) is 0 Å². The van der Waals surface area contributed by atoms with Gasteiger partial charge < -0.3 is 14.5 Å². The number of hydroxylamine groups is 1. The summed E-state index contributed by atoms with van der Waals surface area (Å²) in [4.78, 5) is 40.7. The van der Waals surface area contributed by atoms with Gasteiger partial charge in [-0.25, -0.2) is 5.48 Å². The van der Waals surface area contributed by atoms with Crippen LogP contribution in [0.3, 0.4) is 0 Å². The second-order valence-electron chi connectivity index (χ2n) is 8.72. The van der Waals surface area contributed by atoms with Crippen LogP contribution in [0.15, 0.2) is 48.5 Å². The van der Waals surface area contributed by atoms with E-state index in [0.29, 0.717) is 56.8 Å². The molecule has 8 nitrogen and oxygen atoms in total. The number of hydrogen-bond donors (Lipinski definition) is 2. The number of nitrogens with one attached hydrogen (secondary N) is 1. The Morgan fingerprint density at radius 1 is 0.944 bits per heavy atom. The number of amides is 3. The number of anilines is 1. The molecule has 2 aromatic rings. The van der Waals surface area contributed by atoms with Gasteiger partial charge in [0.15, 0.2) is 0 Å². The van der Waals surface area contributed by atoms with Crippen molar-refractivity contribution < 1.29 is 24.3 Å². The zero-order valence-electron chi connectivity index (χ0n) is 21.8. The molecular weight excluding hydrogens is 458 g/mol. The van der Waals surface area contributed by atoms with Crippen molar-refractivity contribution in [2.75, 3.05) is 25.1 Å². The molecule has 2 N–H and O–H groups in total. The van der Waals surface area contributed by atoms with Gasteiger partial charge in [-0.3, -0.25) is 19.6 Å². The third-order valence-electron chi connectivity index (χ3n) is 6.36. The number of carbonyl (C=O) groups excluding carboxylic acids is 3. The predicted molar refractivity (Wildman–Crippen MR) is 140 cm³/mol. The summed E-state index contributed by atoms with van der Waals surface area (Å²) < 4.78 is 5.51. The zero-order chi connectivity index (χ0) is 26.5. The number of ether oxygens (including phenoxy) is 1. The Labute approximate surface area is 214 Å². The normalized spacial score (nSPS) is 11.5. The first-order chi connectivity index (χ1) is 17.4. The molecule has 8 heteroatoms. The number of para-hydroxylation sites is 2. The molecule has 1 unspecified atom stereocenters. The van der Waals surface area contributed by atoms with Crippen molar-refractivity contribution in [2.24, 2.45) is 0 Å². The monoisotopic (exact) mass is 497 g/mol. The van der Waals surface area contributed by atoms with Crippen molar-refractivity contribution in [3.05, 3.63) is 59.7 Å². The summed E-state index contributed by atoms with van der Waals surface area (Å²) in [6.07, 6.45) is 2.48. The number of nitrogens with zero attached hydrogens (tertiary/aromatic N) is 2. The van der Waals surface area contributed by atoms with Gasteiger partial charge in [-0.15, -0.1) is 0 Å². The average Bonchev–Trinajstić information content (AvgIpc) is 2.91. The van der Waals surface area contributed by atoms with Crippen LogP contribution >= 0.6 is 0 Å². The van der Waals surface area contributed by atoms with E-state index in [1.165, 1.54) is 0 Å². The molecule has 0 aliphatic carbocycles. The number of carbonyl (C=O) groups is 3. The molecule has 2 aromatic carbocycles. The molecule has 0 spiro atoms. The summed E-state index contributed by atoms with van der Waals surface area (Å²) in [5, 5.41) is 8.60. The fourth-order valence-electron chi connectivity index (χ4n) is 4.14. The Hall–Kier alpha value is -3.39. The fraction of sp³-hybridized carbons (Fsp3) is 0.464. The summed E-state index contributed by atoms with van der Waals surface area (Å²) in [6.45, 7) is 7.61. The first-order valence-electron chi connectivity index (χ1n) is 12.6. The quantitative estimate of drug-likeness (QED) is 0.225. The van der Waals surface area contributed by atoms with Crippen molar-refractivity contribution in [3.63, 3.8) is 0 Å². The highest BCUT2D eigenvalue weighted by Crippen LogP contribution is 2.30. The molecule has 0 radical (unpaired) electrons. The minimum absolute atomic E-state index is 0.0414. The van der Waals surface area contributed by atoms with E-state index in [1.54, 1.807) is 17.5 Å². The van der Waals surface area contributed by atoms with E-state index in [0.717, 1.165) is 11.1 Å². The molecule has 0 aliphatic rings. The largest absolute Gasteiger partial charge is 0.495 e. The summed E-state index contributed by atoms with van der Waals surface area (Å²) in [7, 11) is 1.58. The molecule has 0 heterocycles. The SMILES string of the molecule is CCN(CC)C(=O)C(C)c1ccc(CN(C(=O)CCCCCC(=O)NO)c2ccccc2OC)cc1. The van der Waals surface area contributed by atoms with Crippen LogP contribution in [0.4, 0.5) is 5.69 Å². The van der Waals surface area contributed by atoms with Gasteiger partial charge in [0.2, 0.25) is 17.7 Å². The summed E-state index contributed by atoms with van der Waals surface area (Å²) in [5.74, 6) is 0.0168. The van der Waals surface area contributed by atoms with E-state index in [1.807, 2.05) is 74.2 Å². The summed E-state index contributed by atoms with van der Waals surface area (Å²) in [5.41, 5.74) is 4.20. The Morgan fingerprint density at radius 3 is 2.19 bits per heavy atom. The van der Waals surface area contributed by atoms with E-state index in [9.17, 15) is 14.4 Å². The summed E-state index contributed by atoms with van der Waals surface area (Å²) in [6, 6.07) is 15.3. The Bertz CT molecular complexity index is 989. The van der Waals surface area contributed by atoms with Crippen molar-refractivity contribution in [1.29, 1.82) is 0 Å². The van der Waals surface area contributed by atoms with E-state index < -0.39 is 5.91 Å². The van der Waals surface area contributed by atoms with Crippen LogP contribution in [-0.4, -0.2) is 48.0 Å². The van der Waals surface area contributed by atoms with Crippen molar-refractivity contribution in [3.8, 4) is 5.75 Å². The topological polar surface area (TPSA) is 99.2 Å². The molecule has 0 bridgehead atoms. The number of likely N-dealkylation sites (N-methyl/N-ethyl adjacent to an activating group) is 1. The maximum absolute atomic E-state index is 13.3. The molecule has 36 heavy (non-hydrogen) atoms. The number of hydrogen-bond acceptors (Lipinski definition) is 5. The van der Waals surface area contributed by atoms with Crippen LogP contribution < -0.4 is 15.1 Å². The van der Waals surface area contributed by atoms with Gasteiger partial charge in [-0.05, 0) is 56.9 Å². The third-order valence-corrected chi connectivity index (χ3v) is 6.36. The first-order valence-corrected chi connectivity index (χ1v) is 12.6. The standard InChI is InChI=1S/C28H39N3O5/c1-5-30(6-2)28(34)21(3)23-18-16-22(17-19-23)20-31(24-12-10-11-13-25(24)36-4)27(33)15-9-7-8-14-26(32)29-35/h10-13,16-19,21,35H,5-9,14-15,20H2,1-4H3,(H,29,32). The van der Waals surface area contributed by atoms with Crippen LogP contribution in [0.1, 0.15) is 69.9 Å². The van der Waals surface area contributed by atoms with Crippen molar-refractivity contribution >= 4 is 23.4 Å². The number of unbranched alkanes of at least 4 members (excludes halogenated alkanes) is 2. The molecule has 0 saturated heterocycles. The third kappa shape index (κ3) is 8.09. The average molecular weight is 498 g/mol. The number of benzene rings is 2. The molecule has 3 amide bonds. The van der Waals surface area contributed by atoms with Crippen molar-refractivity contribution in [1.82, 2.24) is 10.4 Å². The highest BCUT2D eigenvalue weighted by Gasteiger charge is 2.22. The van der Waals surface area contributed by atoms with E-state index in [-0.39, 0.29) is 24.2 Å². The molecule has 0 aliphatic heterocycles. The minimum atomic E-state index is -0.423. The molecule has 0 saturated carbocycles. The maximum Gasteiger partial charge on any atom is 0.243 e. The Balaban J connectivity index is 2.15. The van der Waals surface area contributed by atoms with Gasteiger partial charge in [-0.2, -0.15) is 0 Å². The van der Waals surface area contributed by atoms with Crippen LogP contribution in [0.5, 0.6) is 5.75 Å². The maximum atomic E-state index is 13.3. The van der Waals surface area contributed by atoms with E-state index in [4.69, 9.17) is 9.94 Å². The van der Waals surface area contributed by atoms with Gasteiger partial charge in [-0.1, -0.05) is 42.8 Å². The van der Waals surface area contributed by atoms with Crippen LogP contribution in [0.2, 0.25) is 0 Å². The van der Waals surface area contributed by atoms with Crippen LogP contribution in [0, 0.1) is 0 Å². The van der Waals surface area contributed by atoms with E-state index in [2.05, 4.69) is 0 Å². The highest BCUT2D eigenvalue weighted by atomic mass is 16.5. The second-order valence-corrected chi connectivity index (χ2v) is 8.72. The van der Waals surface area contributed by atoms with Crippen molar-refractivity contribution in [2.45, 2.75) is 65.3 Å². The Kier molecular flexibility index (Phi) is 11.9. The lowest BCUT2D eigenvalue weighted by Gasteiger charge is -2.26. The molecular formula is C28H39N3O5. The molecule has 2 rings (SSSR count). The lowest BCUT2D eigenvalue weighted by Crippen LogP contribution is -2.33. The van der Waals surface area contributed by atoms with Gasteiger partial charge in [0, 0.05) is 25.9 Å². The lowest BCUT2D eigenvalue weighted by atomic mass is 9.98. The number of methoxy groups -OCH3 is 1. The molecule has 0 aromatic heterocycles. The lowest BCUT2D eigenvalue weighted by molar-refractivity contribution is -0.132. The van der Waals surface area contributed by atoms with E-state index >= 15 is 0 Å². The molecule has 196 valence electrons. The fourth-order valence-corrected chi connectivity index (χ4v) is 4.14. The smallest absolute Gasteiger partial charge is 0.243 e. The highest BCUT2D eigenvalue weighted by molar-refractivity contribution is 5.94. The number of rotatable bonds is 14. The zero-order valence-corrected chi connectivity index (χ0v) is 21.8. The molecule has 0 fully saturated rings. The minimum Gasteiger partial charge on any atom is -0.495 e. The second kappa shape index (κ2) is 14.9. The first kappa shape index (κ1) is 28.8. The van der Waals surface area contributed by atoms with Crippen LogP contribution in [-0.2, 0) is 20.9 Å². The van der Waals surface area contributed by atoms with Gasteiger partial charge in [0.1, 0.15) is 5.75 Å². The van der Waals surface area contributed by atoms with Crippen LogP contribution in [0.25, 0.3) is 0 Å². The molecule has 1 atom stereocenters. The van der Waals surface area contributed by atoms with Gasteiger partial charge >= 0.3 is 0 Å².